The molecule has 2 aromatic rings. The SMILES string of the molecule is Cl.Cl.Nc1cccc(CN2CCN(c3cc(F)ccc3F)CC2)c1. The summed E-state index contributed by atoms with van der Waals surface area (Å²) < 4.78 is 27.1. The summed E-state index contributed by atoms with van der Waals surface area (Å²) in [6.45, 7) is 3.81. The Hall–Kier alpha value is -1.56. The summed E-state index contributed by atoms with van der Waals surface area (Å²) in [6.07, 6.45) is 0. The van der Waals surface area contributed by atoms with Crippen LogP contribution in [0.4, 0.5) is 20.2 Å². The van der Waals surface area contributed by atoms with Crippen molar-refractivity contribution in [3.63, 3.8) is 0 Å². The Morgan fingerprint density at radius 1 is 0.917 bits per heavy atom. The highest BCUT2D eigenvalue weighted by Gasteiger charge is 2.20. The number of nitrogen functional groups attached to an aromatic ring is 1. The Bertz CT molecular complexity index is 662. The average molecular weight is 376 g/mol. The molecule has 3 rings (SSSR count). The van der Waals surface area contributed by atoms with Crippen LogP contribution < -0.4 is 10.6 Å². The maximum atomic E-state index is 13.8. The predicted molar refractivity (Wildman–Crippen MR) is 99.2 cm³/mol. The van der Waals surface area contributed by atoms with Crippen molar-refractivity contribution in [3.05, 3.63) is 59.7 Å². The fraction of sp³-hybridized carbons (Fsp3) is 0.294. The molecule has 0 amide bonds. The minimum absolute atomic E-state index is 0. The van der Waals surface area contributed by atoms with Gasteiger partial charge in [0.2, 0.25) is 0 Å². The van der Waals surface area contributed by atoms with E-state index < -0.39 is 5.82 Å². The number of hydrogen-bond acceptors (Lipinski definition) is 3. The summed E-state index contributed by atoms with van der Waals surface area (Å²) in [5.41, 5.74) is 8.07. The van der Waals surface area contributed by atoms with Gasteiger partial charge in [0.15, 0.2) is 0 Å². The standard InChI is InChI=1S/C17H19F2N3.2ClH/c18-14-4-5-16(19)17(11-14)22-8-6-21(7-9-22)12-13-2-1-3-15(20)10-13;;/h1-5,10-11H,6-9,12,20H2;2*1H. The van der Waals surface area contributed by atoms with Crippen LogP contribution in [-0.2, 0) is 6.54 Å². The van der Waals surface area contributed by atoms with Gasteiger partial charge in [-0.1, -0.05) is 12.1 Å². The van der Waals surface area contributed by atoms with E-state index in [1.165, 1.54) is 17.7 Å². The van der Waals surface area contributed by atoms with Gasteiger partial charge in [0.25, 0.3) is 0 Å². The highest BCUT2D eigenvalue weighted by molar-refractivity contribution is 5.85. The molecule has 1 aliphatic rings. The van der Waals surface area contributed by atoms with Crippen molar-refractivity contribution in [3.8, 4) is 0 Å². The highest BCUT2D eigenvalue weighted by atomic mass is 35.5. The number of anilines is 2. The molecule has 24 heavy (non-hydrogen) atoms. The summed E-state index contributed by atoms with van der Waals surface area (Å²) in [5, 5.41) is 0. The van der Waals surface area contributed by atoms with Crippen LogP contribution in [0.15, 0.2) is 42.5 Å². The summed E-state index contributed by atoms with van der Waals surface area (Å²) in [4.78, 5) is 4.19. The minimum Gasteiger partial charge on any atom is -0.399 e. The summed E-state index contributed by atoms with van der Waals surface area (Å²) >= 11 is 0. The molecule has 1 aliphatic heterocycles. The average Bonchev–Trinajstić information content (AvgIpc) is 2.51. The van der Waals surface area contributed by atoms with Crippen LogP contribution in [0.25, 0.3) is 0 Å². The molecule has 1 heterocycles. The lowest BCUT2D eigenvalue weighted by Crippen LogP contribution is -2.46. The van der Waals surface area contributed by atoms with E-state index in [0.717, 1.165) is 31.4 Å². The van der Waals surface area contributed by atoms with E-state index in [0.29, 0.717) is 18.8 Å². The minimum atomic E-state index is -0.404. The van der Waals surface area contributed by atoms with Gasteiger partial charge in [0.05, 0.1) is 5.69 Å². The largest absolute Gasteiger partial charge is 0.399 e. The number of halogens is 4. The fourth-order valence-electron chi connectivity index (χ4n) is 2.82. The Kier molecular flexibility index (Phi) is 7.73. The zero-order valence-corrected chi connectivity index (χ0v) is 14.8. The van der Waals surface area contributed by atoms with E-state index in [1.807, 2.05) is 23.1 Å². The van der Waals surface area contributed by atoms with E-state index in [9.17, 15) is 8.78 Å². The van der Waals surface area contributed by atoms with Gasteiger partial charge < -0.3 is 10.6 Å². The van der Waals surface area contributed by atoms with Gasteiger partial charge in [-0.05, 0) is 29.8 Å². The molecule has 7 heteroatoms. The molecule has 2 aromatic carbocycles. The molecule has 0 aromatic heterocycles. The van der Waals surface area contributed by atoms with E-state index in [-0.39, 0.29) is 30.6 Å². The van der Waals surface area contributed by atoms with Crippen LogP contribution in [0.1, 0.15) is 5.56 Å². The molecule has 0 radical (unpaired) electrons. The van der Waals surface area contributed by atoms with Crippen molar-refractivity contribution >= 4 is 36.2 Å². The van der Waals surface area contributed by atoms with Crippen molar-refractivity contribution < 1.29 is 8.78 Å². The number of hydrogen-bond donors (Lipinski definition) is 1. The van der Waals surface area contributed by atoms with Gasteiger partial charge in [-0.25, -0.2) is 8.78 Å². The number of nitrogens with two attached hydrogens (primary N) is 1. The molecular formula is C17H21Cl2F2N3. The first kappa shape index (κ1) is 20.5. The first-order valence-electron chi connectivity index (χ1n) is 7.38. The fourth-order valence-corrected chi connectivity index (χ4v) is 2.82. The number of benzene rings is 2. The van der Waals surface area contributed by atoms with Crippen LogP contribution in [0.3, 0.4) is 0 Å². The molecule has 0 saturated carbocycles. The zero-order valence-electron chi connectivity index (χ0n) is 13.1. The van der Waals surface area contributed by atoms with Gasteiger partial charge in [-0.3, -0.25) is 4.90 Å². The first-order valence-corrected chi connectivity index (χ1v) is 7.38. The molecule has 0 unspecified atom stereocenters. The Morgan fingerprint density at radius 2 is 1.62 bits per heavy atom. The summed E-state index contributed by atoms with van der Waals surface area (Å²) in [7, 11) is 0. The Labute approximate surface area is 153 Å². The number of rotatable bonds is 3. The maximum Gasteiger partial charge on any atom is 0.146 e. The topological polar surface area (TPSA) is 32.5 Å². The first-order chi connectivity index (χ1) is 10.6. The maximum absolute atomic E-state index is 13.8. The molecule has 1 saturated heterocycles. The summed E-state index contributed by atoms with van der Waals surface area (Å²) in [5.74, 6) is -0.774. The lowest BCUT2D eigenvalue weighted by Gasteiger charge is -2.36. The van der Waals surface area contributed by atoms with E-state index in [1.54, 1.807) is 0 Å². The lowest BCUT2D eigenvalue weighted by atomic mass is 10.1. The molecule has 2 N–H and O–H groups in total. The van der Waals surface area contributed by atoms with E-state index in [2.05, 4.69) is 11.0 Å². The molecule has 0 bridgehead atoms. The normalized spacial score (nSPS) is 14.7. The third-order valence-corrected chi connectivity index (χ3v) is 3.98. The number of piperazine rings is 1. The van der Waals surface area contributed by atoms with Crippen molar-refractivity contribution in [1.82, 2.24) is 4.90 Å². The monoisotopic (exact) mass is 375 g/mol. The molecule has 3 nitrogen and oxygen atoms in total. The molecule has 1 fully saturated rings. The second-order valence-electron chi connectivity index (χ2n) is 5.60. The second kappa shape index (κ2) is 9.06. The van der Waals surface area contributed by atoms with Gasteiger partial charge in [0, 0.05) is 44.5 Å². The zero-order chi connectivity index (χ0) is 15.5. The second-order valence-corrected chi connectivity index (χ2v) is 5.60. The van der Waals surface area contributed by atoms with Gasteiger partial charge >= 0.3 is 0 Å². The molecule has 132 valence electrons. The van der Waals surface area contributed by atoms with Crippen LogP contribution in [0, 0.1) is 11.6 Å². The van der Waals surface area contributed by atoms with Crippen LogP contribution in [0.2, 0.25) is 0 Å². The van der Waals surface area contributed by atoms with Crippen molar-refractivity contribution in [1.29, 1.82) is 0 Å². The van der Waals surface area contributed by atoms with E-state index >= 15 is 0 Å². The summed E-state index contributed by atoms with van der Waals surface area (Å²) in [6, 6.07) is 11.4. The quantitative estimate of drug-likeness (QED) is 0.829. The predicted octanol–water partition coefficient (Wildman–Crippen LogP) is 3.71. The van der Waals surface area contributed by atoms with Crippen molar-refractivity contribution in [2.45, 2.75) is 6.54 Å². The van der Waals surface area contributed by atoms with E-state index in [4.69, 9.17) is 5.73 Å². The van der Waals surface area contributed by atoms with Crippen molar-refractivity contribution in [2.75, 3.05) is 36.8 Å². The Balaban J connectivity index is 0.00000144. The molecule has 0 atom stereocenters. The number of nitrogens with zero attached hydrogens (tertiary/aromatic N) is 2. The highest BCUT2D eigenvalue weighted by Crippen LogP contribution is 2.22. The smallest absolute Gasteiger partial charge is 0.146 e. The van der Waals surface area contributed by atoms with Crippen molar-refractivity contribution in [2.24, 2.45) is 0 Å². The van der Waals surface area contributed by atoms with Crippen LogP contribution >= 0.6 is 24.8 Å². The Morgan fingerprint density at radius 3 is 2.29 bits per heavy atom. The third-order valence-electron chi connectivity index (χ3n) is 3.98. The van der Waals surface area contributed by atoms with Crippen LogP contribution in [0.5, 0.6) is 0 Å². The van der Waals surface area contributed by atoms with Crippen LogP contribution in [-0.4, -0.2) is 31.1 Å². The van der Waals surface area contributed by atoms with Gasteiger partial charge in [0.1, 0.15) is 11.6 Å². The van der Waals surface area contributed by atoms with Gasteiger partial charge in [-0.15, -0.1) is 24.8 Å². The molecule has 0 spiro atoms. The third kappa shape index (κ3) is 4.97. The lowest BCUT2D eigenvalue weighted by molar-refractivity contribution is 0.249. The molecular weight excluding hydrogens is 355 g/mol. The van der Waals surface area contributed by atoms with Gasteiger partial charge in [-0.2, -0.15) is 0 Å². The molecule has 0 aliphatic carbocycles.